The smallest absolute Gasteiger partial charge is 0.491 e. The first kappa shape index (κ1) is 35.8. The molecular weight excluding hydrogens is 456 g/mol. The third-order valence-corrected chi connectivity index (χ3v) is 3.71. The van der Waals surface area contributed by atoms with Crippen LogP contribution >= 0.6 is 0 Å². The number of carbonyl (C=O) groups is 2. The summed E-state index contributed by atoms with van der Waals surface area (Å²) in [6.07, 6.45) is -0.914. The summed E-state index contributed by atoms with van der Waals surface area (Å²) in [5.74, 6) is 1.50. The van der Waals surface area contributed by atoms with Crippen LogP contribution in [0.25, 0.3) is 0 Å². The van der Waals surface area contributed by atoms with Gasteiger partial charge in [0.25, 0.3) is 5.69 Å². The number of hydrogen-bond donors (Lipinski definition) is 0. The van der Waals surface area contributed by atoms with Crippen molar-refractivity contribution in [3.05, 3.63) is 34.4 Å². The van der Waals surface area contributed by atoms with E-state index in [0.717, 1.165) is 12.3 Å². The van der Waals surface area contributed by atoms with Crippen molar-refractivity contribution in [3.8, 4) is 5.75 Å². The first-order chi connectivity index (χ1) is 15.9. The maximum absolute atomic E-state index is 10.8. The van der Waals surface area contributed by atoms with Crippen molar-refractivity contribution in [2.45, 2.75) is 67.4 Å². The van der Waals surface area contributed by atoms with Gasteiger partial charge in [-0.1, -0.05) is 34.1 Å². The fourth-order valence-electron chi connectivity index (χ4n) is 1.42. The Hall–Kier alpha value is -2.82. The Bertz CT molecular complexity index is 626. The van der Waals surface area contributed by atoms with Gasteiger partial charge < -0.3 is 18.9 Å². The molecule has 0 N–H and O–H groups in total. The molecule has 0 aliphatic carbocycles. The number of ether oxygens (including phenoxy) is 4. The van der Waals surface area contributed by atoms with Gasteiger partial charge in [-0.3, -0.25) is 10.1 Å². The zero-order valence-electron chi connectivity index (χ0n) is 21.2. The van der Waals surface area contributed by atoms with Crippen LogP contribution in [0.1, 0.15) is 61.3 Å². The van der Waals surface area contributed by atoms with Crippen LogP contribution < -0.4 is 4.74 Å². The van der Waals surface area contributed by atoms with Crippen LogP contribution in [-0.4, -0.2) is 49.9 Å². The molecule has 1 aromatic carbocycles. The minimum atomic E-state index is -1.71. The molecule has 34 heavy (non-hydrogen) atoms. The number of carbonyl (C=O) groups excluding carboxylic acids is 2. The predicted molar refractivity (Wildman–Crippen MR) is 126 cm³/mol. The van der Waals surface area contributed by atoms with Crippen molar-refractivity contribution in [2.24, 2.45) is 5.92 Å². The number of nitrogens with zero attached hydrogens (tertiary/aromatic N) is 1. The van der Waals surface area contributed by atoms with E-state index in [1.807, 2.05) is 6.92 Å². The van der Waals surface area contributed by atoms with E-state index in [9.17, 15) is 18.9 Å². The van der Waals surface area contributed by atoms with Crippen molar-refractivity contribution >= 4 is 18.1 Å². The zero-order valence-corrected chi connectivity index (χ0v) is 21.2. The Labute approximate surface area is 200 Å². The van der Waals surface area contributed by atoms with Crippen LogP contribution in [0.4, 0.5) is 24.1 Å². The molecule has 0 fully saturated rings. The maximum Gasteiger partial charge on any atom is 0.495 e. The third-order valence-electron chi connectivity index (χ3n) is 3.71. The number of hydrogen-bond acceptors (Lipinski definition) is 8. The second-order valence-corrected chi connectivity index (χ2v) is 6.83. The summed E-state index contributed by atoms with van der Waals surface area (Å²) in [4.78, 5) is 28.3. The van der Waals surface area contributed by atoms with Gasteiger partial charge >= 0.3 is 12.4 Å². The van der Waals surface area contributed by atoms with E-state index < -0.39 is 17.4 Å². The average Bonchev–Trinajstić information content (AvgIpc) is 2.77. The fourth-order valence-corrected chi connectivity index (χ4v) is 1.42. The van der Waals surface area contributed by atoms with Gasteiger partial charge in [-0.2, -0.15) is 0 Å². The monoisotopic (exact) mass is 495 g/mol. The SMILES string of the molecule is CCC(C)C.CCC(C)OCCOc1ccc([N+](=O)[O-])cc1.CCOC(=O)F.CCOC(=O)F. The summed E-state index contributed by atoms with van der Waals surface area (Å²) in [5.41, 5.74) is 0.0632. The molecule has 0 spiro atoms. The molecule has 1 unspecified atom stereocenters. The van der Waals surface area contributed by atoms with E-state index in [4.69, 9.17) is 19.1 Å². The van der Waals surface area contributed by atoms with Crippen LogP contribution in [0, 0.1) is 16.0 Å². The number of non-ortho nitro benzene ring substituents is 1. The lowest BCUT2D eigenvalue weighted by atomic mass is 10.2. The minimum absolute atomic E-state index is 0.0632. The summed E-state index contributed by atoms with van der Waals surface area (Å²) in [6, 6.07) is 6.01. The molecule has 1 rings (SSSR count). The van der Waals surface area contributed by atoms with Crippen LogP contribution in [0.5, 0.6) is 5.75 Å². The second-order valence-electron chi connectivity index (χ2n) is 6.83. The molecule has 1 atom stereocenters. The average molecular weight is 496 g/mol. The summed E-state index contributed by atoms with van der Waals surface area (Å²) >= 11 is 0. The quantitative estimate of drug-likeness (QED) is 0.147. The second kappa shape index (κ2) is 24.8. The summed E-state index contributed by atoms with van der Waals surface area (Å²) in [6.45, 7) is 15.0. The Balaban J connectivity index is -0.000000463. The molecule has 0 aromatic heterocycles. The van der Waals surface area contributed by atoms with Crippen LogP contribution in [-0.2, 0) is 14.2 Å². The molecule has 0 aliphatic rings. The molecule has 0 saturated carbocycles. The zero-order chi connectivity index (χ0) is 26.9. The molecule has 198 valence electrons. The van der Waals surface area contributed by atoms with E-state index in [1.165, 1.54) is 32.4 Å². The van der Waals surface area contributed by atoms with Crippen molar-refractivity contribution in [2.75, 3.05) is 26.4 Å². The molecule has 0 heterocycles. The molecule has 1 aromatic rings. The highest BCUT2D eigenvalue weighted by Crippen LogP contribution is 2.17. The Morgan fingerprint density at radius 1 is 0.882 bits per heavy atom. The van der Waals surface area contributed by atoms with E-state index in [2.05, 4.69) is 37.2 Å². The Morgan fingerprint density at radius 2 is 1.32 bits per heavy atom. The normalized spacial score (nSPS) is 10.2. The predicted octanol–water partition coefficient (Wildman–Crippen LogP) is 7.07. The minimum Gasteiger partial charge on any atom is -0.491 e. The molecular formula is C23H39F2NO8. The van der Waals surface area contributed by atoms with E-state index in [1.54, 1.807) is 12.1 Å². The number of rotatable bonds is 10. The summed E-state index contributed by atoms with van der Waals surface area (Å²) in [7, 11) is 0. The van der Waals surface area contributed by atoms with Gasteiger partial charge in [0.05, 0.1) is 30.8 Å². The molecule has 0 aliphatic heterocycles. The standard InChI is InChI=1S/C12H17NO4.C5H12.2C3H5FO2/c1-3-10(2)16-8-9-17-12-6-4-11(5-7-12)13(14)15;1-4-5(2)3;2*1-2-6-3(4)5/h4-7,10H,3,8-9H2,1-2H3;5H,4H2,1-3H3;2*2H2,1H3. The van der Waals surface area contributed by atoms with Gasteiger partial charge in [0.1, 0.15) is 12.4 Å². The highest BCUT2D eigenvalue weighted by molar-refractivity contribution is 5.58. The van der Waals surface area contributed by atoms with Crippen LogP contribution in [0.15, 0.2) is 24.3 Å². The van der Waals surface area contributed by atoms with Crippen LogP contribution in [0.2, 0.25) is 0 Å². The molecule has 0 bridgehead atoms. The fraction of sp³-hybridized carbons (Fsp3) is 0.652. The number of nitro benzene ring substituents is 1. The molecule has 9 nitrogen and oxygen atoms in total. The van der Waals surface area contributed by atoms with E-state index in [-0.39, 0.29) is 25.0 Å². The number of benzene rings is 1. The lowest BCUT2D eigenvalue weighted by Crippen LogP contribution is -2.13. The molecule has 0 radical (unpaired) electrons. The highest BCUT2D eigenvalue weighted by atomic mass is 19.2. The first-order valence-electron chi connectivity index (χ1n) is 11.1. The van der Waals surface area contributed by atoms with Crippen molar-refractivity contribution in [3.63, 3.8) is 0 Å². The number of nitro groups is 1. The number of halogens is 2. The summed E-state index contributed by atoms with van der Waals surface area (Å²) < 4.78 is 40.0. The summed E-state index contributed by atoms with van der Waals surface area (Å²) in [5, 5.41) is 10.4. The largest absolute Gasteiger partial charge is 0.495 e. The first-order valence-corrected chi connectivity index (χ1v) is 11.1. The van der Waals surface area contributed by atoms with Crippen molar-refractivity contribution in [1.82, 2.24) is 0 Å². The van der Waals surface area contributed by atoms with Gasteiger partial charge in [-0.05, 0) is 45.2 Å². The van der Waals surface area contributed by atoms with Gasteiger partial charge in [-0.15, -0.1) is 8.78 Å². The highest BCUT2D eigenvalue weighted by Gasteiger charge is 2.04. The van der Waals surface area contributed by atoms with Crippen LogP contribution in [0.3, 0.4) is 0 Å². The van der Waals surface area contributed by atoms with Gasteiger partial charge in [0.15, 0.2) is 0 Å². The maximum atomic E-state index is 10.8. The third kappa shape index (κ3) is 29.2. The Kier molecular flexibility index (Phi) is 26.1. The van der Waals surface area contributed by atoms with Gasteiger partial charge in [-0.25, -0.2) is 9.59 Å². The topological polar surface area (TPSA) is 114 Å². The van der Waals surface area contributed by atoms with Crippen molar-refractivity contribution in [1.29, 1.82) is 0 Å². The van der Waals surface area contributed by atoms with Crippen molar-refractivity contribution < 1.29 is 42.2 Å². The van der Waals surface area contributed by atoms with E-state index >= 15 is 0 Å². The molecule has 0 amide bonds. The molecule has 0 saturated heterocycles. The van der Waals surface area contributed by atoms with Gasteiger partial charge in [0, 0.05) is 12.1 Å². The lowest BCUT2D eigenvalue weighted by Gasteiger charge is -2.11. The Morgan fingerprint density at radius 3 is 1.59 bits per heavy atom. The van der Waals surface area contributed by atoms with E-state index in [0.29, 0.717) is 19.0 Å². The lowest BCUT2D eigenvalue weighted by molar-refractivity contribution is -0.384. The molecule has 11 heteroatoms. The van der Waals surface area contributed by atoms with Gasteiger partial charge in [0.2, 0.25) is 0 Å².